The summed E-state index contributed by atoms with van der Waals surface area (Å²) in [5.74, 6) is 1.25. The maximum Gasteiger partial charge on any atom is 0.193 e. The van der Waals surface area contributed by atoms with Crippen molar-refractivity contribution in [3.8, 4) is 0 Å². The fourth-order valence-corrected chi connectivity index (χ4v) is 2.23. The number of nitrogens with one attached hydrogen (secondary N) is 2. The Labute approximate surface area is 158 Å². The van der Waals surface area contributed by atoms with Crippen LogP contribution >= 0.6 is 24.0 Å². The lowest BCUT2D eigenvalue weighted by molar-refractivity contribution is 1.01. The fraction of sp³-hybridized carbons (Fsp3) is 0.111. The van der Waals surface area contributed by atoms with Gasteiger partial charge in [0.1, 0.15) is 5.82 Å². The SMILES string of the molecule is I.NC(=NCCNc1ccc2ccccc2n1)Nc1ccccc1. The van der Waals surface area contributed by atoms with E-state index < -0.39 is 0 Å². The van der Waals surface area contributed by atoms with Crippen LogP contribution in [0.5, 0.6) is 0 Å². The molecule has 0 fully saturated rings. The molecule has 2 aromatic carbocycles. The third kappa shape index (κ3) is 5.09. The van der Waals surface area contributed by atoms with E-state index in [4.69, 9.17) is 5.73 Å². The highest BCUT2D eigenvalue weighted by Crippen LogP contribution is 2.14. The van der Waals surface area contributed by atoms with Crippen molar-refractivity contribution in [2.75, 3.05) is 23.7 Å². The van der Waals surface area contributed by atoms with Gasteiger partial charge in [0.2, 0.25) is 0 Å². The molecule has 4 N–H and O–H groups in total. The van der Waals surface area contributed by atoms with Gasteiger partial charge in [-0.25, -0.2) is 4.98 Å². The molecular weight excluding hydrogens is 413 g/mol. The summed E-state index contributed by atoms with van der Waals surface area (Å²) in [6, 6.07) is 21.8. The summed E-state index contributed by atoms with van der Waals surface area (Å²) >= 11 is 0. The number of benzene rings is 2. The topological polar surface area (TPSA) is 75.3 Å². The van der Waals surface area contributed by atoms with Crippen molar-refractivity contribution < 1.29 is 0 Å². The van der Waals surface area contributed by atoms with E-state index >= 15 is 0 Å². The van der Waals surface area contributed by atoms with Gasteiger partial charge in [0, 0.05) is 17.6 Å². The standard InChI is InChI=1S/C18H19N5.HI/c19-18(22-15-7-2-1-3-8-15)21-13-12-20-17-11-10-14-6-4-5-9-16(14)23-17;/h1-11H,12-13H2,(H,20,23)(H3,19,21,22);1H. The average Bonchev–Trinajstić information content (AvgIpc) is 2.59. The molecule has 0 amide bonds. The van der Waals surface area contributed by atoms with Gasteiger partial charge in [-0.05, 0) is 30.3 Å². The fourth-order valence-electron chi connectivity index (χ4n) is 2.23. The maximum absolute atomic E-state index is 5.86. The molecule has 24 heavy (non-hydrogen) atoms. The van der Waals surface area contributed by atoms with E-state index in [1.807, 2.05) is 60.7 Å². The molecule has 0 spiro atoms. The number of hydrogen-bond acceptors (Lipinski definition) is 3. The van der Waals surface area contributed by atoms with E-state index in [9.17, 15) is 0 Å². The first-order valence-electron chi connectivity index (χ1n) is 7.53. The Hall–Kier alpha value is -2.35. The number of rotatable bonds is 5. The summed E-state index contributed by atoms with van der Waals surface area (Å²) < 4.78 is 0. The van der Waals surface area contributed by atoms with Crippen LogP contribution in [-0.2, 0) is 0 Å². The Morgan fingerprint density at radius 3 is 2.54 bits per heavy atom. The summed E-state index contributed by atoms with van der Waals surface area (Å²) in [5, 5.41) is 7.44. The number of halogens is 1. The number of guanidine groups is 1. The molecule has 1 heterocycles. The molecule has 6 heteroatoms. The maximum atomic E-state index is 5.86. The second-order valence-corrected chi connectivity index (χ2v) is 5.07. The quantitative estimate of drug-likeness (QED) is 0.248. The zero-order valence-electron chi connectivity index (χ0n) is 13.1. The first-order valence-corrected chi connectivity index (χ1v) is 7.53. The number of fused-ring (bicyclic) bond motifs is 1. The van der Waals surface area contributed by atoms with Crippen LogP contribution in [0.3, 0.4) is 0 Å². The van der Waals surface area contributed by atoms with Crippen LogP contribution in [0.2, 0.25) is 0 Å². The van der Waals surface area contributed by atoms with Crippen molar-refractivity contribution in [1.29, 1.82) is 0 Å². The Morgan fingerprint density at radius 1 is 0.958 bits per heavy atom. The Balaban J connectivity index is 0.00000208. The summed E-state index contributed by atoms with van der Waals surface area (Å²) in [7, 11) is 0. The first kappa shape index (κ1) is 18.0. The molecule has 0 radical (unpaired) electrons. The van der Waals surface area contributed by atoms with Gasteiger partial charge in [0.25, 0.3) is 0 Å². The van der Waals surface area contributed by atoms with E-state index in [-0.39, 0.29) is 24.0 Å². The highest BCUT2D eigenvalue weighted by atomic mass is 127. The molecule has 5 nitrogen and oxygen atoms in total. The van der Waals surface area contributed by atoms with E-state index in [0.29, 0.717) is 19.0 Å². The van der Waals surface area contributed by atoms with Crippen LogP contribution in [0.4, 0.5) is 11.5 Å². The smallest absolute Gasteiger partial charge is 0.193 e. The number of nitrogens with two attached hydrogens (primary N) is 1. The van der Waals surface area contributed by atoms with Gasteiger partial charge in [-0.2, -0.15) is 0 Å². The molecule has 124 valence electrons. The van der Waals surface area contributed by atoms with Crippen molar-refractivity contribution in [3.05, 3.63) is 66.7 Å². The molecule has 0 aliphatic rings. The molecule has 0 atom stereocenters. The monoisotopic (exact) mass is 433 g/mol. The Kier molecular flexibility index (Phi) is 6.80. The number of aromatic nitrogens is 1. The number of para-hydroxylation sites is 2. The van der Waals surface area contributed by atoms with Crippen LogP contribution in [0.1, 0.15) is 0 Å². The van der Waals surface area contributed by atoms with Gasteiger partial charge in [-0.1, -0.05) is 36.4 Å². The largest absolute Gasteiger partial charge is 0.370 e. The molecule has 0 saturated heterocycles. The van der Waals surface area contributed by atoms with E-state index in [0.717, 1.165) is 22.4 Å². The van der Waals surface area contributed by atoms with Crippen molar-refractivity contribution >= 4 is 52.3 Å². The van der Waals surface area contributed by atoms with Crippen LogP contribution < -0.4 is 16.4 Å². The zero-order chi connectivity index (χ0) is 15.9. The van der Waals surface area contributed by atoms with E-state index in [1.165, 1.54) is 0 Å². The lowest BCUT2D eigenvalue weighted by atomic mass is 10.2. The Morgan fingerprint density at radius 2 is 1.71 bits per heavy atom. The van der Waals surface area contributed by atoms with Gasteiger partial charge < -0.3 is 16.4 Å². The molecule has 0 saturated carbocycles. The van der Waals surface area contributed by atoms with Gasteiger partial charge in [-0.15, -0.1) is 24.0 Å². The molecular formula is C18H20IN5. The third-order valence-corrected chi connectivity index (χ3v) is 3.34. The predicted octanol–water partition coefficient (Wildman–Crippen LogP) is 3.69. The van der Waals surface area contributed by atoms with Gasteiger partial charge >= 0.3 is 0 Å². The molecule has 1 aromatic heterocycles. The number of anilines is 2. The number of hydrogen-bond donors (Lipinski definition) is 3. The highest BCUT2D eigenvalue weighted by Gasteiger charge is 1.97. The van der Waals surface area contributed by atoms with Gasteiger partial charge in [-0.3, -0.25) is 4.99 Å². The number of nitrogens with zero attached hydrogens (tertiary/aromatic N) is 2. The second kappa shape index (κ2) is 9.07. The molecule has 0 aliphatic heterocycles. The molecule has 3 aromatic rings. The summed E-state index contributed by atoms with van der Waals surface area (Å²) in [6.45, 7) is 1.24. The van der Waals surface area contributed by atoms with Crippen molar-refractivity contribution in [2.24, 2.45) is 10.7 Å². The Bertz CT molecular complexity index is 805. The summed E-state index contributed by atoms with van der Waals surface area (Å²) in [6.07, 6.45) is 0. The molecule has 3 rings (SSSR count). The van der Waals surface area contributed by atoms with Crippen LogP contribution in [0, 0.1) is 0 Å². The van der Waals surface area contributed by atoms with E-state index in [2.05, 4.69) is 26.7 Å². The minimum atomic E-state index is 0. The molecule has 0 bridgehead atoms. The molecule has 0 unspecified atom stereocenters. The summed E-state index contributed by atoms with van der Waals surface area (Å²) in [5.41, 5.74) is 7.76. The predicted molar refractivity (Wildman–Crippen MR) is 112 cm³/mol. The third-order valence-electron chi connectivity index (χ3n) is 3.34. The van der Waals surface area contributed by atoms with Crippen molar-refractivity contribution in [2.45, 2.75) is 0 Å². The second-order valence-electron chi connectivity index (χ2n) is 5.07. The molecule has 0 aliphatic carbocycles. The lowest BCUT2D eigenvalue weighted by Gasteiger charge is -2.07. The van der Waals surface area contributed by atoms with Crippen LogP contribution in [0.15, 0.2) is 71.7 Å². The van der Waals surface area contributed by atoms with Crippen LogP contribution in [0.25, 0.3) is 10.9 Å². The lowest BCUT2D eigenvalue weighted by Crippen LogP contribution is -2.23. The normalized spacial score (nSPS) is 10.9. The highest BCUT2D eigenvalue weighted by molar-refractivity contribution is 14.0. The van der Waals surface area contributed by atoms with E-state index in [1.54, 1.807) is 0 Å². The zero-order valence-corrected chi connectivity index (χ0v) is 15.5. The van der Waals surface area contributed by atoms with Crippen molar-refractivity contribution in [1.82, 2.24) is 4.98 Å². The van der Waals surface area contributed by atoms with Crippen molar-refractivity contribution in [3.63, 3.8) is 0 Å². The first-order chi connectivity index (χ1) is 11.3. The van der Waals surface area contributed by atoms with Gasteiger partial charge in [0.05, 0.1) is 12.1 Å². The summed E-state index contributed by atoms with van der Waals surface area (Å²) in [4.78, 5) is 8.84. The number of pyridine rings is 1. The van der Waals surface area contributed by atoms with Crippen LogP contribution in [-0.4, -0.2) is 24.0 Å². The minimum absolute atomic E-state index is 0. The minimum Gasteiger partial charge on any atom is -0.370 e. The number of aliphatic imine (C=N–C) groups is 1. The van der Waals surface area contributed by atoms with Gasteiger partial charge in [0.15, 0.2) is 5.96 Å². The average molecular weight is 433 g/mol.